The molecule has 6 heteroatoms. The predicted octanol–water partition coefficient (Wildman–Crippen LogP) is 2.82. The average molecular weight is 331 g/mol. The lowest BCUT2D eigenvalue weighted by molar-refractivity contribution is 0.228. The molecule has 1 aromatic carbocycles. The minimum atomic E-state index is -0.254. The summed E-state index contributed by atoms with van der Waals surface area (Å²) >= 11 is 0. The van der Waals surface area contributed by atoms with Crippen molar-refractivity contribution in [3.05, 3.63) is 52.9 Å². The number of carbonyl (C=O) groups is 1. The molecule has 2 rings (SSSR count). The molecule has 0 radical (unpaired) electrons. The van der Waals surface area contributed by atoms with E-state index in [1.807, 2.05) is 51.1 Å². The Kier molecular flexibility index (Phi) is 6.37. The fourth-order valence-corrected chi connectivity index (χ4v) is 2.89. The van der Waals surface area contributed by atoms with E-state index in [9.17, 15) is 9.90 Å². The fraction of sp³-hybridized carbons (Fsp3) is 0.444. The normalized spacial score (nSPS) is 13.3. The van der Waals surface area contributed by atoms with Gasteiger partial charge >= 0.3 is 6.03 Å². The number of aryl methyl sites for hydroxylation is 2. The molecule has 0 fully saturated rings. The molecule has 1 aromatic heterocycles. The molecule has 0 saturated heterocycles. The maximum absolute atomic E-state index is 12.2. The highest BCUT2D eigenvalue weighted by Gasteiger charge is 2.18. The van der Waals surface area contributed by atoms with Crippen LogP contribution < -0.4 is 10.6 Å². The summed E-state index contributed by atoms with van der Waals surface area (Å²) in [5, 5.41) is 19.0. The van der Waals surface area contributed by atoms with Crippen LogP contribution in [0.15, 0.2) is 34.9 Å². The van der Waals surface area contributed by atoms with Crippen LogP contribution in [0.1, 0.15) is 47.9 Å². The molecule has 2 amide bonds. The second-order valence-electron chi connectivity index (χ2n) is 5.97. The van der Waals surface area contributed by atoms with Gasteiger partial charge in [-0.3, -0.25) is 0 Å². The van der Waals surface area contributed by atoms with Gasteiger partial charge in [-0.25, -0.2) is 4.79 Å². The fourth-order valence-electron chi connectivity index (χ4n) is 2.89. The summed E-state index contributed by atoms with van der Waals surface area (Å²) < 4.78 is 5.17. The van der Waals surface area contributed by atoms with Crippen molar-refractivity contribution in [3.63, 3.8) is 0 Å². The van der Waals surface area contributed by atoms with Crippen molar-refractivity contribution in [2.45, 2.75) is 39.2 Å². The van der Waals surface area contributed by atoms with Gasteiger partial charge in [0.1, 0.15) is 5.76 Å². The van der Waals surface area contributed by atoms with Crippen molar-refractivity contribution < 1.29 is 14.4 Å². The Bertz CT molecular complexity index is 635. The van der Waals surface area contributed by atoms with E-state index in [0.717, 1.165) is 22.6 Å². The molecule has 1 unspecified atom stereocenters. The molecule has 0 saturated carbocycles. The lowest BCUT2D eigenvalue weighted by Gasteiger charge is -2.20. The van der Waals surface area contributed by atoms with Gasteiger partial charge in [0.05, 0.1) is 11.7 Å². The van der Waals surface area contributed by atoms with Gasteiger partial charge in [0.15, 0.2) is 0 Å². The highest BCUT2D eigenvalue weighted by atomic mass is 16.5. The lowest BCUT2D eigenvalue weighted by atomic mass is 10.00. The van der Waals surface area contributed by atoms with Gasteiger partial charge in [-0.1, -0.05) is 42.4 Å². The van der Waals surface area contributed by atoms with E-state index in [4.69, 9.17) is 4.52 Å². The van der Waals surface area contributed by atoms with E-state index >= 15 is 0 Å². The topological polar surface area (TPSA) is 87.4 Å². The van der Waals surface area contributed by atoms with Crippen LogP contribution in [0, 0.1) is 13.8 Å². The van der Waals surface area contributed by atoms with E-state index in [0.29, 0.717) is 13.0 Å². The van der Waals surface area contributed by atoms with Crippen molar-refractivity contribution in [1.82, 2.24) is 15.8 Å². The lowest BCUT2D eigenvalue weighted by Crippen LogP contribution is -2.39. The Labute approximate surface area is 142 Å². The second kappa shape index (κ2) is 8.49. The number of rotatable bonds is 7. The Balaban J connectivity index is 1.92. The number of aliphatic hydroxyl groups is 1. The Morgan fingerprint density at radius 2 is 2.00 bits per heavy atom. The molecule has 0 bridgehead atoms. The van der Waals surface area contributed by atoms with Crippen LogP contribution in [0.3, 0.4) is 0 Å². The molecule has 2 atom stereocenters. The maximum Gasteiger partial charge on any atom is 0.315 e. The highest BCUT2D eigenvalue weighted by molar-refractivity contribution is 5.74. The number of nitrogens with one attached hydrogen (secondary N) is 2. The van der Waals surface area contributed by atoms with E-state index in [2.05, 4.69) is 15.8 Å². The monoisotopic (exact) mass is 331 g/mol. The third-order valence-corrected chi connectivity index (χ3v) is 4.08. The summed E-state index contributed by atoms with van der Waals surface area (Å²) in [6, 6.07) is 9.16. The van der Waals surface area contributed by atoms with Crippen LogP contribution in [0.2, 0.25) is 0 Å². The number of hydrogen-bond acceptors (Lipinski definition) is 4. The van der Waals surface area contributed by atoms with Crippen LogP contribution >= 0.6 is 0 Å². The first-order valence-electron chi connectivity index (χ1n) is 8.15. The Morgan fingerprint density at radius 1 is 1.29 bits per heavy atom. The predicted molar refractivity (Wildman–Crippen MR) is 91.8 cm³/mol. The summed E-state index contributed by atoms with van der Waals surface area (Å²) in [5.41, 5.74) is 2.86. The summed E-state index contributed by atoms with van der Waals surface area (Å²) in [7, 11) is 0. The van der Waals surface area contributed by atoms with Gasteiger partial charge < -0.3 is 20.3 Å². The minimum absolute atomic E-state index is 0.00925. The van der Waals surface area contributed by atoms with Crippen LogP contribution in [-0.4, -0.2) is 29.4 Å². The largest absolute Gasteiger partial charge is 0.396 e. The van der Waals surface area contributed by atoms with E-state index in [1.165, 1.54) is 0 Å². The highest BCUT2D eigenvalue weighted by Crippen LogP contribution is 2.22. The number of urea groups is 1. The summed E-state index contributed by atoms with van der Waals surface area (Å²) in [6.07, 6.45) is 0.469. The summed E-state index contributed by atoms with van der Waals surface area (Å²) in [5.74, 6) is 0.889. The SMILES string of the molecule is Cc1noc(C)c1C(C)CNC(=O)N[C@H](CCO)c1ccccc1. The third kappa shape index (κ3) is 4.58. The van der Waals surface area contributed by atoms with E-state index in [1.54, 1.807) is 0 Å². The maximum atomic E-state index is 12.2. The van der Waals surface area contributed by atoms with E-state index in [-0.39, 0.29) is 24.6 Å². The molecule has 3 N–H and O–H groups in total. The Morgan fingerprint density at radius 3 is 2.58 bits per heavy atom. The van der Waals surface area contributed by atoms with Crippen LogP contribution in [0.5, 0.6) is 0 Å². The number of carbonyl (C=O) groups excluding carboxylic acids is 1. The molecule has 2 aromatic rings. The minimum Gasteiger partial charge on any atom is -0.396 e. The van der Waals surface area contributed by atoms with Gasteiger partial charge in [-0.15, -0.1) is 0 Å². The van der Waals surface area contributed by atoms with Gasteiger partial charge in [0, 0.05) is 24.6 Å². The van der Waals surface area contributed by atoms with Gasteiger partial charge in [0.2, 0.25) is 0 Å². The molecular formula is C18H25N3O3. The quantitative estimate of drug-likeness (QED) is 0.728. The van der Waals surface area contributed by atoms with Crippen LogP contribution in [-0.2, 0) is 0 Å². The van der Waals surface area contributed by atoms with Crippen molar-refractivity contribution in [2.24, 2.45) is 0 Å². The van der Waals surface area contributed by atoms with Crippen molar-refractivity contribution >= 4 is 6.03 Å². The zero-order valence-electron chi connectivity index (χ0n) is 14.4. The second-order valence-corrected chi connectivity index (χ2v) is 5.97. The van der Waals surface area contributed by atoms with Crippen LogP contribution in [0.4, 0.5) is 4.79 Å². The number of benzene rings is 1. The third-order valence-electron chi connectivity index (χ3n) is 4.08. The smallest absolute Gasteiger partial charge is 0.315 e. The van der Waals surface area contributed by atoms with Gasteiger partial charge in [0.25, 0.3) is 0 Å². The number of aliphatic hydroxyl groups excluding tert-OH is 1. The Hall–Kier alpha value is -2.34. The van der Waals surface area contributed by atoms with Crippen molar-refractivity contribution in [3.8, 4) is 0 Å². The van der Waals surface area contributed by atoms with Gasteiger partial charge in [-0.2, -0.15) is 0 Å². The zero-order chi connectivity index (χ0) is 17.5. The molecule has 0 aliphatic heterocycles. The zero-order valence-corrected chi connectivity index (χ0v) is 14.4. The molecule has 0 spiro atoms. The molecular weight excluding hydrogens is 306 g/mol. The number of aromatic nitrogens is 1. The summed E-state index contributed by atoms with van der Waals surface area (Å²) in [4.78, 5) is 12.2. The number of nitrogens with zero attached hydrogens (tertiary/aromatic N) is 1. The standard InChI is InChI=1S/C18H25N3O3/c1-12(17-13(2)21-24-14(17)3)11-19-18(23)20-16(9-10-22)15-7-5-4-6-8-15/h4-8,12,16,22H,9-11H2,1-3H3,(H2,19,20,23)/t12?,16-/m1/s1. The molecule has 1 heterocycles. The van der Waals surface area contributed by atoms with Gasteiger partial charge in [-0.05, 0) is 25.8 Å². The average Bonchev–Trinajstić information content (AvgIpc) is 2.92. The van der Waals surface area contributed by atoms with Crippen LogP contribution in [0.25, 0.3) is 0 Å². The first-order valence-corrected chi connectivity index (χ1v) is 8.15. The molecule has 6 nitrogen and oxygen atoms in total. The first-order chi connectivity index (χ1) is 11.5. The molecule has 24 heavy (non-hydrogen) atoms. The van der Waals surface area contributed by atoms with Crippen molar-refractivity contribution in [2.75, 3.05) is 13.2 Å². The molecule has 0 aliphatic rings. The summed E-state index contributed by atoms with van der Waals surface area (Å²) in [6.45, 7) is 6.29. The number of amides is 2. The first kappa shape index (κ1) is 18.0. The van der Waals surface area contributed by atoms with Crippen molar-refractivity contribution in [1.29, 1.82) is 0 Å². The molecule has 0 aliphatic carbocycles. The molecule has 130 valence electrons. The number of hydrogen-bond donors (Lipinski definition) is 3. The van der Waals surface area contributed by atoms with E-state index < -0.39 is 0 Å².